The number of halogens is 4. The maximum absolute atomic E-state index is 12.5. The lowest BCUT2D eigenvalue weighted by atomic mass is 10.4. The van der Waals surface area contributed by atoms with Crippen LogP contribution in [0.4, 0.5) is 23.4 Å². The third-order valence-corrected chi connectivity index (χ3v) is 1.34. The Bertz CT molecular complexity index is 364. The molecule has 0 bridgehead atoms. The molecule has 0 spiro atoms. The number of pyridine rings is 1. The molecule has 0 fully saturated rings. The van der Waals surface area contributed by atoms with Gasteiger partial charge in [0.2, 0.25) is 11.9 Å². The summed E-state index contributed by atoms with van der Waals surface area (Å²) in [5, 5.41) is 1.83. The Kier molecular flexibility index (Phi) is 3.23. The molecule has 0 unspecified atom stereocenters. The molecule has 82 valence electrons. The van der Waals surface area contributed by atoms with Crippen molar-refractivity contribution in [2.45, 2.75) is 12.6 Å². The van der Waals surface area contributed by atoms with Crippen molar-refractivity contribution in [1.82, 2.24) is 4.98 Å². The topological polar surface area (TPSA) is 42.0 Å². The molecule has 0 saturated heterocycles. The summed E-state index contributed by atoms with van der Waals surface area (Å²) in [6.45, 7) is 0. The summed E-state index contributed by atoms with van der Waals surface area (Å²) < 4.78 is 47.7. The average Bonchev–Trinajstić information content (AvgIpc) is 1.99. The molecule has 0 radical (unpaired) electrons. The van der Waals surface area contributed by atoms with Crippen LogP contribution in [0.3, 0.4) is 0 Å². The molecule has 0 saturated carbocycles. The van der Waals surface area contributed by atoms with Crippen LogP contribution in [0, 0.1) is 5.95 Å². The Morgan fingerprint density at radius 3 is 2.60 bits per heavy atom. The van der Waals surface area contributed by atoms with Crippen LogP contribution in [0.5, 0.6) is 0 Å². The molecular formula is C8H6F4N2O. The van der Waals surface area contributed by atoms with Crippen LogP contribution in [-0.4, -0.2) is 17.1 Å². The molecule has 0 aliphatic rings. The summed E-state index contributed by atoms with van der Waals surface area (Å²) >= 11 is 0. The number of carbonyl (C=O) groups is 1. The predicted octanol–water partition coefficient (Wildman–Crippen LogP) is 2.11. The van der Waals surface area contributed by atoms with E-state index < -0.39 is 24.5 Å². The lowest BCUT2D eigenvalue weighted by Crippen LogP contribution is -2.21. The molecule has 0 aromatic carbocycles. The molecule has 15 heavy (non-hydrogen) atoms. The first-order chi connectivity index (χ1) is 6.87. The zero-order chi connectivity index (χ0) is 11.5. The van der Waals surface area contributed by atoms with E-state index in [1.54, 1.807) is 0 Å². The van der Waals surface area contributed by atoms with Crippen molar-refractivity contribution in [1.29, 1.82) is 0 Å². The number of aromatic nitrogens is 1. The van der Waals surface area contributed by atoms with Crippen molar-refractivity contribution in [2.24, 2.45) is 0 Å². The second-order valence-electron chi connectivity index (χ2n) is 2.69. The highest BCUT2D eigenvalue weighted by molar-refractivity contribution is 5.90. The minimum atomic E-state index is -4.59. The third kappa shape index (κ3) is 4.39. The summed E-state index contributed by atoms with van der Waals surface area (Å²) in [5.74, 6) is -2.40. The molecule has 0 aliphatic heterocycles. The van der Waals surface area contributed by atoms with Gasteiger partial charge in [-0.2, -0.15) is 17.6 Å². The molecule has 0 atom stereocenters. The molecular weight excluding hydrogens is 216 g/mol. The van der Waals surface area contributed by atoms with Crippen LogP contribution >= 0.6 is 0 Å². The Balaban J connectivity index is 2.59. The molecule has 0 aliphatic carbocycles. The lowest BCUT2D eigenvalue weighted by Gasteiger charge is -2.06. The van der Waals surface area contributed by atoms with E-state index in [1.807, 2.05) is 5.32 Å². The van der Waals surface area contributed by atoms with Gasteiger partial charge in [0.1, 0.15) is 12.2 Å². The number of nitrogens with zero attached hydrogens (tertiary/aromatic N) is 1. The first-order valence-corrected chi connectivity index (χ1v) is 3.86. The molecule has 1 rings (SSSR count). The highest BCUT2D eigenvalue weighted by atomic mass is 19.4. The normalized spacial score (nSPS) is 11.2. The number of hydrogen-bond donors (Lipinski definition) is 1. The standard InChI is InChI=1S/C8H6F4N2O/c9-5-2-1-3-6(13-5)14-7(15)4-8(10,11)12/h1-3H,4H2,(H,13,14,15). The van der Waals surface area contributed by atoms with Gasteiger partial charge in [0.25, 0.3) is 0 Å². The summed E-state index contributed by atoms with van der Waals surface area (Å²) in [7, 11) is 0. The molecule has 1 N–H and O–H groups in total. The smallest absolute Gasteiger partial charge is 0.310 e. The van der Waals surface area contributed by atoms with Gasteiger partial charge in [-0.3, -0.25) is 4.79 Å². The molecule has 1 amide bonds. The fourth-order valence-electron chi connectivity index (χ4n) is 0.847. The van der Waals surface area contributed by atoms with Crippen LogP contribution in [0.1, 0.15) is 6.42 Å². The Hall–Kier alpha value is -1.66. The van der Waals surface area contributed by atoms with Crippen molar-refractivity contribution in [3.8, 4) is 0 Å². The first-order valence-electron chi connectivity index (χ1n) is 3.86. The number of hydrogen-bond acceptors (Lipinski definition) is 2. The number of alkyl halides is 3. The van der Waals surface area contributed by atoms with Gasteiger partial charge in [0.15, 0.2) is 0 Å². The van der Waals surface area contributed by atoms with E-state index in [1.165, 1.54) is 12.1 Å². The first kappa shape index (κ1) is 11.4. The van der Waals surface area contributed by atoms with Crippen LogP contribution in [0.15, 0.2) is 18.2 Å². The van der Waals surface area contributed by atoms with Crippen LogP contribution in [-0.2, 0) is 4.79 Å². The van der Waals surface area contributed by atoms with E-state index >= 15 is 0 Å². The van der Waals surface area contributed by atoms with Gasteiger partial charge in [-0.1, -0.05) is 6.07 Å². The van der Waals surface area contributed by atoms with Crippen LogP contribution in [0.25, 0.3) is 0 Å². The summed E-state index contributed by atoms with van der Waals surface area (Å²) in [6, 6.07) is 3.43. The quantitative estimate of drug-likeness (QED) is 0.615. The van der Waals surface area contributed by atoms with Crippen LogP contribution < -0.4 is 5.32 Å². The Morgan fingerprint density at radius 1 is 1.40 bits per heavy atom. The monoisotopic (exact) mass is 222 g/mol. The molecule has 1 aromatic rings. The van der Waals surface area contributed by atoms with E-state index in [2.05, 4.69) is 4.98 Å². The summed E-state index contributed by atoms with van der Waals surface area (Å²) in [6.07, 6.45) is -6.21. The van der Waals surface area contributed by atoms with Gasteiger partial charge >= 0.3 is 6.18 Å². The van der Waals surface area contributed by atoms with Crippen molar-refractivity contribution >= 4 is 11.7 Å². The van der Waals surface area contributed by atoms with Gasteiger partial charge in [-0.15, -0.1) is 0 Å². The largest absolute Gasteiger partial charge is 0.397 e. The van der Waals surface area contributed by atoms with E-state index in [0.29, 0.717) is 0 Å². The maximum Gasteiger partial charge on any atom is 0.397 e. The molecule has 1 heterocycles. The van der Waals surface area contributed by atoms with Gasteiger partial charge in [-0.05, 0) is 12.1 Å². The number of rotatable bonds is 2. The minimum Gasteiger partial charge on any atom is -0.310 e. The Labute approximate surface area is 82.1 Å². The summed E-state index contributed by atoms with van der Waals surface area (Å²) in [4.78, 5) is 13.9. The van der Waals surface area contributed by atoms with E-state index in [0.717, 1.165) is 6.07 Å². The minimum absolute atomic E-state index is 0.246. The van der Waals surface area contributed by atoms with Gasteiger partial charge in [-0.25, -0.2) is 4.98 Å². The second-order valence-corrected chi connectivity index (χ2v) is 2.69. The van der Waals surface area contributed by atoms with Crippen molar-refractivity contribution in [3.05, 3.63) is 24.1 Å². The molecule has 1 aromatic heterocycles. The highest BCUT2D eigenvalue weighted by Crippen LogP contribution is 2.19. The van der Waals surface area contributed by atoms with Gasteiger partial charge < -0.3 is 5.32 Å². The second kappa shape index (κ2) is 4.24. The van der Waals surface area contributed by atoms with E-state index in [-0.39, 0.29) is 5.82 Å². The third-order valence-electron chi connectivity index (χ3n) is 1.34. The number of carbonyl (C=O) groups excluding carboxylic acids is 1. The van der Waals surface area contributed by atoms with Crippen LogP contribution in [0.2, 0.25) is 0 Å². The molecule has 3 nitrogen and oxygen atoms in total. The number of amides is 1. The number of anilines is 1. The predicted molar refractivity (Wildman–Crippen MR) is 43.5 cm³/mol. The van der Waals surface area contributed by atoms with E-state index in [4.69, 9.17) is 0 Å². The lowest BCUT2D eigenvalue weighted by molar-refractivity contribution is -0.150. The SMILES string of the molecule is O=C(CC(F)(F)F)Nc1cccc(F)n1. The average molecular weight is 222 g/mol. The van der Waals surface area contributed by atoms with Gasteiger partial charge in [0.05, 0.1) is 0 Å². The highest BCUT2D eigenvalue weighted by Gasteiger charge is 2.31. The van der Waals surface area contributed by atoms with E-state index in [9.17, 15) is 22.4 Å². The zero-order valence-electron chi connectivity index (χ0n) is 7.31. The maximum atomic E-state index is 12.5. The van der Waals surface area contributed by atoms with Crippen molar-refractivity contribution in [2.75, 3.05) is 5.32 Å². The van der Waals surface area contributed by atoms with Gasteiger partial charge in [0, 0.05) is 0 Å². The zero-order valence-corrected chi connectivity index (χ0v) is 7.31. The Morgan fingerprint density at radius 2 is 2.07 bits per heavy atom. The van der Waals surface area contributed by atoms with Crippen molar-refractivity contribution in [3.63, 3.8) is 0 Å². The number of nitrogens with one attached hydrogen (secondary N) is 1. The summed E-state index contributed by atoms with van der Waals surface area (Å²) in [5.41, 5.74) is 0. The fourth-order valence-corrected chi connectivity index (χ4v) is 0.847. The van der Waals surface area contributed by atoms with Crippen molar-refractivity contribution < 1.29 is 22.4 Å². The fraction of sp³-hybridized carbons (Fsp3) is 0.250. The molecule has 7 heteroatoms.